The van der Waals surface area contributed by atoms with Gasteiger partial charge in [-0.2, -0.15) is 0 Å². The topological polar surface area (TPSA) is 43.0 Å². The van der Waals surface area contributed by atoms with Crippen molar-refractivity contribution in [1.82, 2.24) is 10.2 Å². The Bertz CT molecular complexity index is 440. The van der Waals surface area contributed by atoms with Gasteiger partial charge in [0.25, 0.3) is 0 Å². The van der Waals surface area contributed by atoms with Gasteiger partial charge >= 0.3 is 0 Å². The first-order valence-electron chi connectivity index (χ1n) is 7.52. The summed E-state index contributed by atoms with van der Waals surface area (Å²) < 4.78 is 16.4. The number of likely N-dealkylation sites (N-methyl/N-ethyl adjacent to an activating group) is 1. The summed E-state index contributed by atoms with van der Waals surface area (Å²) in [5.74, 6) is 1.66. The second-order valence-corrected chi connectivity index (χ2v) is 5.19. The van der Waals surface area contributed by atoms with Gasteiger partial charge in [0.1, 0.15) is 11.5 Å². The van der Waals surface area contributed by atoms with E-state index in [1.165, 1.54) is 0 Å². The number of ether oxygens (including phenoxy) is 3. The van der Waals surface area contributed by atoms with Gasteiger partial charge in [0.15, 0.2) is 0 Å². The quantitative estimate of drug-likeness (QED) is 0.826. The fourth-order valence-corrected chi connectivity index (χ4v) is 2.56. The van der Waals surface area contributed by atoms with Gasteiger partial charge in [0, 0.05) is 37.8 Å². The summed E-state index contributed by atoms with van der Waals surface area (Å²) in [6, 6.07) is 5.90. The van der Waals surface area contributed by atoms with E-state index in [9.17, 15) is 0 Å². The fourth-order valence-electron chi connectivity index (χ4n) is 2.56. The Kier molecular flexibility index (Phi) is 6.29. The van der Waals surface area contributed by atoms with Crippen LogP contribution in [0.1, 0.15) is 12.5 Å². The van der Waals surface area contributed by atoms with E-state index >= 15 is 0 Å². The number of nitrogens with one attached hydrogen (secondary N) is 1. The molecule has 0 radical (unpaired) electrons. The molecule has 1 aromatic carbocycles. The Labute approximate surface area is 127 Å². The third-order valence-electron chi connectivity index (χ3n) is 3.85. The largest absolute Gasteiger partial charge is 0.497 e. The zero-order valence-corrected chi connectivity index (χ0v) is 13.2. The lowest BCUT2D eigenvalue weighted by Gasteiger charge is -2.32. The second kappa shape index (κ2) is 8.22. The van der Waals surface area contributed by atoms with Crippen LogP contribution in [0.5, 0.6) is 11.5 Å². The van der Waals surface area contributed by atoms with E-state index < -0.39 is 0 Å². The molecule has 5 heteroatoms. The van der Waals surface area contributed by atoms with Crippen LogP contribution >= 0.6 is 0 Å². The standard InChI is InChI=1S/C16H26N2O3/c1-4-18-7-8-21-15(12-18)11-17-10-13-5-6-14(19-2)9-16(13)20-3/h5-6,9,15,17H,4,7-8,10-12H2,1-3H3. The molecular formula is C16H26N2O3. The molecule has 0 amide bonds. The van der Waals surface area contributed by atoms with E-state index in [0.29, 0.717) is 0 Å². The maximum absolute atomic E-state index is 5.79. The third-order valence-corrected chi connectivity index (χ3v) is 3.85. The van der Waals surface area contributed by atoms with Crippen LogP contribution in [-0.2, 0) is 11.3 Å². The Balaban J connectivity index is 1.83. The highest BCUT2D eigenvalue weighted by atomic mass is 16.5. The first kappa shape index (κ1) is 16.1. The molecule has 1 unspecified atom stereocenters. The van der Waals surface area contributed by atoms with Crippen LogP contribution in [0.4, 0.5) is 0 Å². The maximum Gasteiger partial charge on any atom is 0.127 e. The van der Waals surface area contributed by atoms with Gasteiger partial charge < -0.3 is 19.5 Å². The zero-order chi connectivity index (χ0) is 15.1. The summed E-state index contributed by atoms with van der Waals surface area (Å²) in [5, 5.41) is 3.46. The van der Waals surface area contributed by atoms with Gasteiger partial charge in [0.2, 0.25) is 0 Å². The van der Waals surface area contributed by atoms with Crippen molar-refractivity contribution in [2.75, 3.05) is 47.0 Å². The molecule has 118 valence electrons. The van der Waals surface area contributed by atoms with Crippen LogP contribution in [0.15, 0.2) is 18.2 Å². The first-order chi connectivity index (χ1) is 10.3. The lowest BCUT2D eigenvalue weighted by atomic mass is 10.2. The van der Waals surface area contributed by atoms with E-state index in [2.05, 4.69) is 17.1 Å². The van der Waals surface area contributed by atoms with Gasteiger partial charge in [-0.3, -0.25) is 4.90 Å². The SMILES string of the molecule is CCN1CCOC(CNCc2ccc(OC)cc2OC)C1. The second-order valence-electron chi connectivity index (χ2n) is 5.19. The van der Waals surface area contributed by atoms with E-state index in [-0.39, 0.29) is 6.10 Å². The van der Waals surface area contributed by atoms with Crippen molar-refractivity contribution in [3.8, 4) is 11.5 Å². The molecule has 1 aromatic rings. The summed E-state index contributed by atoms with van der Waals surface area (Å²) in [5.41, 5.74) is 1.13. The molecule has 1 atom stereocenters. The predicted molar refractivity (Wildman–Crippen MR) is 83.1 cm³/mol. The minimum atomic E-state index is 0.267. The summed E-state index contributed by atoms with van der Waals surface area (Å²) in [4.78, 5) is 2.42. The molecule has 1 heterocycles. The van der Waals surface area contributed by atoms with Crippen molar-refractivity contribution in [2.45, 2.75) is 19.6 Å². The number of benzene rings is 1. The molecule has 2 rings (SSSR count). The van der Waals surface area contributed by atoms with Crippen LogP contribution in [0, 0.1) is 0 Å². The number of methoxy groups -OCH3 is 2. The number of nitrogens with zero attached hydrogens (tertiary/aromatic N) is 1. The van der Waals surface area contributed by atoms with Gasteiger partial charge in [-0.05, 0) is 12.6 Å². The highest BCUT2D eigenvalue weighted by Gasteiger charge is 2.18. The predicted octanol–water partition coefficient (Wildman–Crippen LogP) is 1.51. The highest BCUT2D eigenvalue weighted by molar-refractivity contribution is 5.40. The molecule has 1 fully saturated rings. The number of rotatable bonds is 7. The van der Waals surface area contributed by atoms with Crippen LogP contribution in [-0.4, -0.2) is 58.0 Å². The van der Waals surface area contributed by atoms with E-state index in [1.54, 1.807) is 14.2 Å². The zero-order valence-electron chi connectivity index (χ0n) is 13.2. The number of morpholine rings is 1. The Morgan fingerprint density at radius 2 is 2.19 bits per heavy atom. The highest BCUT2D eigenvalue weighted by Crippen LogP contribution is 2.24. The van der Waals surface area contributed by atoms with Crippen molar-refractivity contribution in [3.05, 3.63) is 23.8 Å². The van der Waals surface area contributed by atoms with E-state index in [4.69, 9.17) is 14.2 Å². The van der Waals surface area contributed by atoms with Gasteiger partial charge in [0.05, 0.1) is 26.9 Å². The molecule has 1 N–H and O–H groups in total. The lowest BCUT2D eigenvalue weighted by molar-refractivity contribution is -0.0253. The maximum atomic E-state index is 5.79. The average Bonchev–Trinajstić information content (AvgIpc) is 2.55. The lowest BCUT2D eigenvalue weighted by Crippen LogP contribution is -2.46. The third kappa shape index (κ3) is 4.59. The van der Waals surface area contributed by atoms with Gasteiger partial charge in [-0.1, -0.05) is 13.0 Å². The van der Waals surface area contributed by atoms with Crippen LogP contribution in [0.2, 0.25) is 0 Å². The molecule has 0 aliphatic carbocycles. The average molecular weight is 294 g/mol. The van der Waals surface area contributed by atoms with Crippen molar-refractivity contribution in [2.24, 2.45) is 0 Å². The molecule has 1 aliphatic heterocycles. The molecule has 0 bridgehead atoms. The Morgan fingerprint density at radius 1 is 1.33 bits per heavy atom. The Morgan fingerprint density at radius 3 is 2.90 bits per heavy atom. The number of hydrogen-bond acceptors (Lipinski definition) is 5. The summed E-state index contributed by atoms with van der Waals surface area (Å²) in [7, 11) is 3.34. The van der Waals surface area contributed by atoms with Crippen LogP contribution in [0.25, 0.3) is 0 Å². The van der Waals surface area contributed by atoms with Gasteiger partial charge in [-0.25, -0.2) is 0 Å². The fraction of sp³-hybridized carbons (Fsp3) is 0.625. The van der Waals surface area contributed by atoms with Gasteiger partial charge in [-0.15, -0.1) is 0 Å². The minimum absolute atomic E-state index is 0.267. The molecule has 0 saturated carbocycles. The van der Waals surface area contributed by atoms with Crippen molar-refractivity contribution < 1.29 is 14.2 Å². The molecule has 1 saturated heterocycles. The molecule has 5 nitrogen and oxygen atoms in total. The summed E-state index contributed by atoms with van der Waals surface area (Å²) in [6.07, 6.45) is 0.267. The number of hydrogen-bond donors (Lipinski definition) is 1. The normalized spacial score (nSPS) is 19.5. The van der Waals surface area contributed by atoms with Crippen molar-refractivity contribution >= 4 is 0 Å². The molecule has 0 spiro atoms. The summed E-state index contributed by atoms with van der Waals surface area (Å²) >= 11 is 0. The monoisotopic (exact) mass is 294 g/mol. The molecule has 1 aliphatic rings. The van der Waals surface area contributed by atoms with Crippen molar-refractivity contribution in [3.63, 3.8) is 0 Å². The van der Waals surface area contributed by atoms with E-state index in [0.717, 1.165) is 56.4 Å². The van der Waals surface area contributed by atoms with E-state index in [1.807, 2.05) is 18.2 Å². The first-order valence-corrected chi connectivity index (χ1v) is 7.52. The van der Waals surface area contributed by atoms with Crippen LogP contribution in [0.3, 0.4) is 0 Å². The minimum Gasteiger partial charge on any atom is -0.497 e. The molecular weight excluding hydrogens is 268 g/mol. The summed E-state index contributed by atoms with van der Waals surface area (Å²) in [6.45, 7) is 7.77. The smallest absolute Gasteiger partial charge is 0.127 e. The molecule has 0 aromatic heterocycles. The van der Waals surface area contributed by atoms with Crippen molar-refractivity contribution in [1.29, 1.82) is 0 Å². The van der Waals surface area contributed by atoms with Crippen LogP contribution < -0.4 is 14.8 Å². The molecule has 21 heavy (non-hydrogen) atoms. The Hall–Kier alpha value is -1.30.